The van der Waals surface area contributed by atoms with E-state index < -0.39 is 30.1 Å². The van der Waals surface area contributed by atoms with Gasteiger partial charge in [0.15, 0.2) is 0 Å². The lowest BCUT2D eigenvalue weighted by atomic mass is 9.98. The van der Waals surface area contributed by atoms with Crippen molar-refractivity contribution in [3.8, 4) is 11.1 Å². The third-order valence-corrected chi connectivity index (χ3v) is 7.27. The molecule has 0 saturated carbocycles. The molecular weight excluding hydrogens is 516 g/mol. The summed E-state index contributed by atoms with van der Waals surface area (Å²) in [6.07, 6.45) is 0.980. The molecule has 0 unspecified atom stereocenters. The van der Waals surface area contributed by atoms with E-state index in [1.807, 2.05) is 78.9 Å². The Hall–Kier alpha value is -4.91. The normalized spacial score (nSPS) is 13.4. The first-order chi connectivity index (χ1) is 19.9. The van der Waals surface area contributed by atoms with Crippen LogP contribution in [-0.4, -0.2) is 43.3 Å². The standard InChI is InChI=1S/C34H32N2O5/c1-3-18-40-33(38)31(20-23-16-17-24-10-4-5-11-25(24)19-23)36-32(37)22(2)35-34(39)41-21-30-28-14-8-6-12-26(28)27-13-7-9-15-29(27)30/h3-17,19,22,30-31H,1,18,20-21H2,2H3,(H,35,39)(H,36,37)/t22-,31+/m0/s1. The summed E-state index contributed by atoms with van der Waals surface area (Å²) < 4.78 is 10.8. The third kappa shape index (κ3) is 6.30. The highest BCUT2D eigenvalue weighted by atomic mass is 16.5. The molecule has 1 aliphatic rings. The summed E-state index contributed by atoms with van der Waals surface area (Å²) in [7, 11) is 0. The average molecular weight is 549 g/mol. The van der Waals surface area contributed by atoms with E-state index in [2.05, 4.69) is 29.3 Å². The van der Waals surface area contributed by atoms with E-state index in [4.69, 9.17) is 9.47 Å². The first kappa shape index (κ1) is 27.6. The fraction of sp³-hybridized carbons (Fsp3) is 0.206. The Labute approximate surface area is 239 Å². The Morgan fingerprint density at radius 3 is 2.15 bits per heavy atom. The zero-order chi connectivity index (χ0) is 28.8. The van der Waals surface area contributed by atoms with E-state index in [-0.39, 0.29) is 25.6 Å². The predicted molar refractivity (Wildman–Crippen MR) is 158 cm³/mol. The topological polar surface area (TPSA) is 93.7 Å². The highest BCUT2D eigenvalue weighted by Gasteiger charge is 2.30. The minimum atomic E-state index is -0.949. The molecule has 4 aromatic rings. The average Bonchev–Trinajstić information content (AvgIpc) is 3.31. The highest BCUT2D eigenvalue weighted by molar-refractivity contribution is 5.90. The van der Waals surface area contributed by atoms with Gasteiger partial charge in [-0.25, -0.2) is 9.59 Å². The van der Waals surface area contributed by atoms with Crippen LogP contribution in [0.15, 0.2) is 104 Å². The summed E-state index contributed by atoms with van der Waals surface area (Å²) in [4.78, 5) is 38.6. The van der Waals surface area contributed by atoms with Gasteiger partial charge in [0.25, 0.3) is 0 Å². The second-order valence-electron chi connectivity index (χ2n) is 10.1. The van der Waals surface area contributed by atoms with Crippen molar-refractivity contribution in [1.29, 1.82) is 0 Å². The summed E-state index contributed by atoms with van der Waals surface area (Å²) in [5.74, 6) is -1.21. The minimum Gasteiger partial charge on any atom is -0.460 e. The molecule has 1 aliphatic carbocycles. The van der Waals surface area contributed by atoms with Gasteiger partial charge in [0, 0.05) is 12.3 Å². The summed E-state index contributed by atoms with van der Waals surface area (Å²) in [6.45, 7) is 5.27. The van der Waals surface area contributed by atoms with Crippen LogP contribution >= 0.6 is 0 Å². The molecule has 208 valence electrons. The first-order valence-corrected chi connectivity index (χ1v) is 13.6. The van der Waals surface area contributed by atoms with Crippen molar-refractivity contribution in [2.45, 2.75) is 31.3 Å². The third-order valence-electron chi connectivity index (χ3n) is 7.27. The first-order valence-electron chi connectivity index (χ1n) is 13.6. The van der Waals surface area contributed by atoms with Crippen molar-refractivity contribution < 1.29 is 23.9 Å². The second-order valence-corrected chi connectivity index (χ2v) is 10.1. The van der Waals surface area contributed by atoms with E-state index in [0.29, 0.717) is 0 Å². The molecule has 7 heteroatoms. The van der Waals surface area contributed by atoms with E-state index in [0.717, 1.165) is 38.6 Å². The number of amides is 2. The number of carbonyl (C=O) groups is 3. The summed E-state index contributed by atoms with van der Waals surface area (Å²) in [6, 6.07) is 28.0. The van der Waals surface area contributed by atoms with Crippen molar-refractivity contribution in [2.75, 3.05) is 13.2 Å². The SMILES string of the molecule is C=CCOC(=O)[C@@H](Cc1ccc2ccccc2c1)NC(=O)[C@H](C)NC(=O)OCC1c2ccccc2-c2ccccc21. The van der Waals surface area contributed by atoms with Crippen LogP contribution in [0.5, 0.6) is 0 Å². The Balaban J connectivity index is 1.21. The maximum atomic E-state index is 13.0. The lowest BCUT2D eigenvalue weighted by Gasteiger charge is -2.21. The number of nitrogens with one attached hydrogen (secondary N) is 2. The lowest BCUT2D eigenvalue weighted by molar-refractivity contribution is -0.146. The summed E-state index contributed by atoms with van der Waals surface area (Å²) in [5.41, 5.74) is 5.32. The van der Waals surface area contributed by atoms with Crippen molar-refractivity contribution >= 4 is 28.7 Å². The van der Waals surface area contributed by atoms with Gasteiger partial charge in [-0.2, -0.15) is 0 Å². The smallest absolute Gasteiger partial charge is 0.407 e. The van der Waals surface area contributed by atoms with Gasteiger partial charge in [0.05, 0.1) is 0 Å². The van der Waals surface area contributed by atoms with Gasteiger partial charge in [0.2, 0.25) is 5.91 Å². The van der Waals surface area contributed by atoms with Crippen LogP contribution in [0.2, 0.25) is 0 Å². The zero-order valence-corrected chi connectivity index (χ0v) is 22.8. The van der Waals surface area contributed by atoms with Crippen LogP contribution in [-0.2, 0) is 25.5 Å². The molecule has 2 N–H and O–H groups in total. The fourth-order valence-electron chi connectivity index (χ4n) is 5.22. The molecule has 41 heavy (non-hydrogen) atoms. The molecule has 0 spiro atoms. The Morgan fingerprint density at radius 2 is 1.46 bits per heavy atom. The molecule has 0 aliphatic heterocycles. The van der Waals surface area contributed by atoms with Gasteiger partial charge in [-0.1, -0.05) is 104 Å². The molecule has 0 heterocycles. The van der Waals surface area contributed by atoms with Crippen LogP contribution in [0.4, 0.5) is 4.79 Å². The second kappa shape index (κ2) is 12.5. The number of carbonyl (C=O) groups excluding carboxylic acids is 3. The molecular formula is C34H32N2O5. The number of hydrogen-bond acceptors (Lipinski definition) is 5. The van der Waals surface area contributed by atoms with Gasteiger partial charge in [0.1, 0.15) is 25.3 Å². The van der Waals surface area contributed by atoms with Crippen LogP contribution in [0.3, 0.4) is 0 Å². The number of rotatable bonds is 10. The summed E-state index contributed by atoms with van der Waals surface area (Å²) in [5, 5.41) is 7.42. The van der Waals surface area contributed by atoms with Crippen LogP contribution < -0.4 is 10.6 Å². The number of hydrogen-bond donors (Lipinski definition) is 2. The maximum Gasteiger partial charge on any atom is 0.407 e. The monoisotopic (exact) mass is 548 g/mol. The van der Waals surface area contributed by atoms with Gasteiger partial charge in [-0.15, -0.1) is 0 Å². The van der Waals surface area contributed by atoms with Crippen molar-refractivity contribution in [3.63, 3.8) is 0 Å². The largest absolute Gasteiger partial charge is 0.460 e. The molecule has 7 nitrogen and oxygen atoms in total. The number of alkyl carbamates (subject to hydrolysis) is 1. The van der Waals surface area contributed by atoms with E-state index >= 15 is 0 Å². The maximum absolute atomic E-state index is 13.0. The van der Waals surface area contributed by atoms with Crippen LogP contribution in [0.25, 0.3) is 21.9 Å². The predicted octanol–water partition coefficient (Wildman–Crippen LogP) is 5.52. The van der Waals surface area contributed by atoms with Crippen LogP contribution in [0, 0.1) is 0 Å². The fourth-order valence-corrected chi connectivity index (χ4v) is 5.22. The van der Waals surface area contributed by atoms with E-state index in [9.17, 15) is 14.4 Å². The molecule has 0 fully saturated rings. The lowest BCUT2D eigenvalue weighted by Crippen LogP contribution is -2.51. The van der Waals surface area contributed by atoms with Crippen LogP contribution in [0.1, 0.15) is 29.5 Å². The Morgan fingerprint density at radius 1 is 0.829 bits per heavy atom. The number of ether oxygens (including phenoxy) is 2. The molecule has 0 bridgehead atoms. The number of benzene rings is 4. The summed E-state index contributed by atoms with van der Waals surface area (Å²) >= 11 is 0. The van der Waals surface area contributed by atoms with Crippen molar-refractivity contribution in [1.82, 2.24) is 10.6 Å². The van der Waals surface area contributed by atoms with Gasteiger partial charge >= 0.3 is 12.1 Å². The Kier molecular flexibility index (Phi) is 8.44. The van der Waals surface area contributed by atoms with Gasteiger partial charge in [-0.05, 0) is 45.5 Å². The Bertz CT molecular complexity index is 1550. The van der Waals surface area contributed by atoms with E-state index in [1.165, 1.54) is 6.08 Å². The molecule has 0 saturated heterocycles. The quantitative estimate of drug-likeness (QED) is 0.201. The molecule has 2 atom stereocenters. The van der Waals surface area contributed by atoms with Crippen molar-refractivity contribution in [2.24, 2.45) is 0 Å². The number of fused-ring (bicyclic) bond motifs is 4. The van der Waals surface area contributed by atoms with Gasteiger partial charge < -0.3 is 20.1 Å². The van der Waals surface area contributed by atoms with Gasteiger partial charge in [-0.3, -0.25) is 4.79 Å². The minimum absolute atomic E-state index is 0.0243. The van der Waals surface area contributed by atoms with Crippen molar-refractivity contribution in [3.05, 3.63) is 120 Å². The molecule has 0 aromatic heterocycles. The molecule has 0 radical (unpaired) electrons. The molecule has 4 aromatic carbocycles. The zero-order valence-electron chi connectivity index (χ0n) is 22.8. The van der Waals surface area contributed by atoms with E-state index in [1.54, 1.807) is 6.92 Å². The molecule has 5 rings (SSSR count). The molecule has 2 amide bonds. The number of esters is 1. The highest BCUT2D eigenvalue weighted by Crippen LogP contribution is 2.44.